The number of aliphatic hydroxyl groups excluding tert-OH is 2. The summed E-state index contributed by atoms with van der Waals surface area (Å²) in [6.45, 7) is 2.98. The predicted molar refractivity (Wildman–Crippen MR) is 126 cm³/mol. The lowest BCUT2D eigenvalue weighted by molar-refractivity contribution is -0.484. The van der Waals surface area contributed by atoms with E-state index in [2.05, 4.69) is 18.0 Å². The average Bonchev–Trinajstić information content (AvgIpc) is 2.71. The first-order valence-corrected chi connectivity index (χ1v) is 12.9. The van der Waals surface area contributed by atoms with Gasteiger partial charge in [-0.15, -0.1) is 0 Å². The highest BCUT2D eigenvalue weighted by atomic mass is 35.5. The van der Waals surface area contributed by atoms with Gasteiger partial charge in [-0.3, -0.25) is 4.79 Å². The van der Waals surface area contributed by atoms with Crippen molar-refractivity contribution in [2.45, 2.75) is 134 Å². The summed E-state index contributed by atoms with van der Waals surface area (Å²) in [6, 6.07) is 0. The molecule has 0 aromatic heterocycles. The summed E-state index contributed by atoms with van der Waals surface area (Å²) in [5.41, 5.74) is 3.78. The monoisotopic (exact) mass is 464 g/mol. The first-order valence-electron chi connectivity index (χ1n) is 12.9. The van der Waals surface area contributed by atoms with Crippen LogP contribution in [0.15, 0.2) is 0 Å². The highest BCUT2D eigenvalue weighted by Gasteiger charge is 2.27. The number of rotatable bonds is 23. The Morgan fingerprint density at radius 2 is 1.10 bits per heavy atom. The topological polar surface area (TPSA) is 97.2 Å². The molecule has 0 unspecified atom stereocenters. The van der Waals surface area contributed by atoms with Crippen LogP contribution in [0.2, 0.25) is 0 Å². The van der Waals surface area contributed by atoms with E-state index >= 15 is 0 Å². The molecule has 0 atom stereocenters. The third kappa shape index (κ3) is 22.6. The van der Waals surface area contributed by atoms with Crippen molar-refractivity contribution in [1.29, 1.82) is 0 Å². The fourth-order valence-electron chi connectivity index (χ4n) is 4.06. The summed E-state index contributed by atoms with van der Waals surface area (Å²) < 4.78 is 0. The lowest BCUT2D eigenvalue weighted by Gasteiger charge is -2.24. The van der Waals surface area contributed by atoms with Gasteiger partial charge in [-0.05, 0) is 6.42 Å². The fourth-order valence-corrected chi connectivity index (χ4v) is 4.06. The molecule has 0 saturated carbocycles. The van der Waals surface area contributed by atoms with E-state index in [0.717, 1.165) is 12.8 Å². The Bertz CT molecular complexity index is 378. The molecule has 0 aliphatic carbocycles. The van der Waals surface area contributed by atoms with Crippen LogP contribution >= 0.6 is 0 Å². The minimum absolute atomic E-state index is 0. The van der Waals surface area contributed by atoms with E-state index in [9.17, 15) is 4.79 Å². The zero-order valence-corrected chi connectivity index (χ0v) is 21.2. The van der Waals surface area contributed by atoms with E-state index in [0.29, 0.717) is 32.2 Å². The average molecular weight is 465 g/mol. The maximum absolute atomic E-state index is 11.9. The number of halogens is 1. The maximum atomic E-state index is 11.9. The number of hydrogen-bond donors (Lipinski definition) is 4. The van der Waals surface area contributed by atoms with E-state index in [1.54, 1.807) is 0 Å². The number of carbonyl (C=O) groups is 1. The normalized spacial score (nSPS) is 11.4. The molecule has 188 valence electrons. The number of aliphatic hydroxyl groups is 2. The molecule has 0 rings (SSSR count). The Morgan fingerprint density at radius 1 is 0.710 bits per heavy atom. The molecule has 0 heterocycles. The van der Waals surface area contributed by atoms with Crippen molar-refractivity contribution in [2.24, 2.45) is 0 Å². The van der Waals surface area contributed by atoms with Gasteiger partial charge in [0.05, 0.1) is 0 Å². The zero-order valence-electron chi connectivity index (χ0n) is 20.4. The Hall–Kier alpha value is -0.360. The van der Waals surface area contributed by atoms with Gasteiger partial charge in [0.15, 0.2) is 0 Å². The van der Waals surface area contributed by atoms with Gasteiger partial charge in [-0.1, -0.05) is 96.8 Å². The molecule has 0 aliphatic heterocycles. The van der Waals surface area contributed by atoms with Gasteiger partial charge in [0.25, 0.3) is 0 Å². The molecule has 0 saturated heterocycles. The molecule has 1 amide bonds. The number of nitrogens with one attached hydrogen (secondary N) is 1. The molecule has 0 aliphatic rings. The summed E-state index contributed by atoms with van der Waals surface area (Å²) >= 11 is 0. The van der Waals surface area contributed by atoms with Gasteiger partial charge in [0.2, 0.25) is 5.91 Å². The van der Waals surface area contributed by atoms with Crippen molar-refractivity contribution in [3.63, 3.8) is 0 Å². The number of unbranched alkanes of at least 4 members (excludes halogenated alkanes) is 14. The Balaban J connectivity index is 0. The van der Waals surface area contributed by atoms with Crippen molar-refractivity contribution in [1.82, 2.24) is 5.32 Å². The van der Waals surface area contributed by atoms with Crippen molar-refractivity contribution in [3.8, 4) is 0 Å². The summed E-state index contributed by atoms with van der Waals surface area (Å²) in [6.07, 6.45) is 22.4. The van der Waals surface area contributed by atoms with Crippen molar-refractivity contribution < 1.29 is 33.1 Å². The van der Waals surface area contributed by atoms with Gasteiger partial charge < -0.3 is 33.7 Å². The third-order valence-corrected chi connectivity index (χ3v) is 6.27. The van der Waals surface area contributed by atoms with Crippen LogP contribution < -0.4 is 23.5 Å². The molecule has 0 fully saturated rings. The molecule has 0 aromatic rings. The molecule has 6 heteroatoms. The van der Waals surface area contributed by atoms with Crippen LogP contribution in [0.3, 0.4) is 0 Å². The van der Waals surface area contributed by atoms with Crippen LogP contribution in [0.4, 0.5) is 0 Å². The first kappa shape index (κ1) is 32.8. The summed E-state index contributed by atoms with van der Waals surface area (Å²) in [5, 5.41) is 21.2. The molecule has 0 radical (unpaired) electrons. The van der Waals surface area contributed by atoms with Gasteiger partial charge in [0.1, 0.15) is 5.54 Å². The molecular weight excluding hydrogens is 412 g/mol. The van der Waals surface area contributed by atoms with Gasteiger partial charge in [-0.2, -0.15) is 0 Å². The van der Waals surface area contributed by atoms with Crippen LogP contribution in [-0.4, -0.2) is 41.4 Å². The Labute approximate surface area is 198 Å². The third-order valence-electron chi connectivity index (χ3n) is 6.27. The molecular formula is C25H53ClN2O3. The van der Waals surface area contributed by atoms with E-state index < -0.39 is 0 Å². The van der Waals surface area contributed by atoms with Crippen LogP contribution in [-0.2, 0) is 4.79 Å². The van der Waals surface area contributed by atoms with Gasteiger partial charge >= 0.3 is 0 Å². The molecule has 6 N–H and O–H groups in total. The number of hydrogen-bond acceptors (Lipinski definition) is 3. The second-order valence-corrected chi connectivity index (χ2v) is 9.25. The summed E-state index contributed by atoms with van der Waals surface area (Å²) in [4.78, 5) is 11.9. The first-order chi connectivity index (χ1) is 14.6. The Morgan fingerprint density at radius 3 is 1.48 bits per heavy atom. The number of amides is 1. The number of carbonyl (C=O) groups excluding carboxylic acids is 1. The SMILES string of the molecule is CCCCCCCCCCCCCCCCCC(=O)NCCC([NH3+])(CCO)CCO.[Cl-]. The van der Waals surface area contributed by atoms with Crippen molar-refractivity contribution in [2.75, 3.05) is 19.8 Å². The molecule has 0 bridgehead atoms. The molecule has 0 aromatic carbocycles. The second-order valence-electron chi connectivity index (χ2n) is 9.25. The quantitative estimate of drug-likeness (QED) is 0.172. The van der Waals surface area contributed by atoms with Crippen molar-refractivity contribution in [3.05, 3.63) is 0 Å². The predicted octanol–water partition coefficient (Wildman–Crippen LogP) is 1.50. The van der Waals surface area contributed by atoms with Crippen LogP contribution in [0.5, 0.6) is 0 Å². The van der Waals surface area contributed by atoms with Gasteiger partial charge in [0, 0.05) is 45.4 Å². The van der Waals surface area contributed by atoms with Gasteiger partial charge in [-0.25, -0.2) is 0 Å². The molecule has 0 spiro atoms. The second kappa shape index (κ2) is 24.3. The minimum atomic E-state index is -0.342. The highest BCUT2D eigenvalue weighted by Crippen LogP contribution is 2.14. The Kier molecular flexibility index (Phi) is 25.7. The summed E-state index contributed by atoms with van der Waals surface area (Å²) in [7, 11) is 0. The lowest BCUT2D eigenvalue weighted by atomic mass is 9.89. The van der Waals surface area contributed by atoms with Crippen molar-refractivity contribution >= 4 is 5.91 Å². The smallest absolute Gasteiger partial charge is 0.219 e. The fraction of sp³-hybridized carbons (Fsp3) is 0.960. The van der Waals surface area contributed by atoms with E-state index in [1.165, 1.54) is 83.5 Å². The molecule has 31 heavy (non-hydrogen) atoms. The van der Waals surface area contributed by atoms with Crippen LogP contribution in [0, 0.1) is 0 Å². The standard InChI is InChI=1S/C25H52N2O3.ClH/c1-2-3-4-5-6-7-8-9-10-11-12-13-14-15-16-17-24(30)27-21-18-25(26,19-22-28)20-23-29;/h28-29H,2-23,26H2,1H3,(H,27,30);1H. The van der Waals surface area contributed by atoms with Crippen LogP contribution in [0.25, 0.3) is 0 Å². The molecule has 5 nitrogen and oxygen atoms in total. The largest absolute Gasteiger partial charge is 1.00 e. The summed E-state index contributed by atoms with van der Waals surface area (Å²) in [5.74, 6) is 0.111. The lowest BCUT2D eigenvalue weighted by Crippen LogP contribution is -3.00. The number of quaternary nitrogens is 1. The maximum Gasteiger partial charge on any atom is 0.219 e. The zero-order chi connectivity index (χ0) is 22.3. The van der Waals surface area contributed by atoms with E-state index in [-0.39, 0.29) is 37.1 Å². The highest BCUT2D eigenvalue weighted by molar-refractivity contribution is 5.75. The van der Waals surface area contributed by atoms with E-state index in [1.807, 2.05) is 0 Å². The minimum Gasteiger partial charge on any atom is -1.00 e. The van der Waals surface area contributed by atoms with E-state index in [4.69, 9.17) is 10.2 Å². The van der Waals surface area contributed by atoms with Crippen LogP contribution in [0.1, 0.15) is 129 Å².